The van der Waals surface area contributed by atoms with E-state index in [1.165, 1.54) is 5.01 Å². The van der Waals surface area contributed by atoms with E-state index in [-0.39, 0.29) is 17.8 Å². The second-order valence-electron chi connectivity index (χ2n) is 10.5. The number of rotatable bonds is 9. The lowest BCUT2D eigenvalue weighted by atomic mass is 9.92. The summed E-state index contributed by atoms with van der Waals surface area (Å²) in [4.78, 5) is 26.9. The standard InChI is InChI=1S/C30H40N4O5.C2H6/c1-30(2,3)39-29(36)33-16-14-22(15-17-33)27(35)13-11-21-8-6-7-9-25(21)26(31)20-34(32)19-23-10-12-24(37-4)18-28(23)38-5;1-2/h6-13,18,20,22H,14-17,19,31-32H2,1-5H3;1-2H3/b13-11+,26-20-;. The van der Waals surface area contributed by atoms with Gasteiger partial charge in [-0.3, -0.25) is 4.79 Å². The number of carbonyl (C=O) groups excluding carboxylic acids is 2. The highest BCUT2D eigenvalue weighted by Gasteiger charge is 2.29. The zero-order chi connectivity index (χ0) is 30.6. The van der Waals surface area contributed by atoms with Crippen molar-refractivity contribution in [1.29, 1.82) is 0 Å². The second-order valence-corrected chi connectivity index (χ2v) is 10.5. The summed E-state index contributed by atoms with van der Waals surface area (Å²) < 4.78 is 16.2. The Kier molecular flexibility index (Phi) is 12.7. The topological polar surface area (TPSA) is 120 Å². The van der Waals surface area contributed by atoms with Crippen molar-refractivity contribution in [1.82, 2.24) is 9.91 Å². The van der Waals surface area contributed by atoms with Crippen LogP contribution in [-0.2, 0) is 16.1 Å². The number of hydrazine groups is 1. The fourth-order valence-corrected chi connectivity index (χ4v) is 4.36. The van der Waals surface area contributed by atoms with Gasteiger partial charge in [0.1, 0.15) is 17.1 Å². The summed E-state index contributed by atoms with van der Waals surface area (Å²) in [6.07, 6.45) is 5.91. The molecular weight excluding hydrogens is 520 g/mol. The first-order valence-corrected chi connectivity index (χ1v) is 14.0. The van der Waals surface area contributed by atoms with Crippen LogP contribution in [0.5, 0.6) is 11.5 Å². The van der Waals surface area contributed by atoms with Crippen LogP contribution in [0.3, 0.4) is 0 Å². The van der Waals surface area contributed by atoms with Crippen molar-refractivity contribution in [3.8, 4) is 11.5 Å². The molecule has 0 aromatic heterocycles. The van der Waals surface area contributed by atoms with Gasteiger partial charge in [-0.25, -0.2) is 10.6 Å². The number of hydrogen-bond acceptors (Lipinski definition) is 8. The zero-order valence-electron chi connectivity index (χ0n) is 25.5. The SMILES string of the molecule is CC.COc1ccc(CN(N)/C=C(\N)c2ccccc2/C=C/C(=O)C2CCN(C(=O)OC(C)(C)C)CC2)c(OC)c1. The lowest BCUT2D eigenvalue weighted by Gasteiger charge is -2.32. The number of amides is 1. The highest BCUT2D eigenvalue weighted by atomic mass is 16.6. The summed E-state index contributed by atoms with van der Waals surface area (Å²) in [7, 11) is 3.19. The number of hydrogen-bond donors (Lipinski definition) is 2. The number of benzene rings is 2. The largest absolute Gasteiger partial charge is 0.497 e. The van der Waals surface area contributed by atoms with Crippen LogP contribution in [0.1, 0.15) is 64.2 Å². The molecule has 1 aliphatic rings. The summed E-state index contributed by atoms with van der Waals surface area (Å²) in [6, 6.07) is 13.1. The Hall–Kier alpha value is -3.98. The van der Waals surface area contributed by atoms with Gasteiger partial charge in [0, 0.05) is 42.4 Å². The first kappa shape index (κ1) is 33.2. The van der Waals surface area contributed by atoms with Gasteiger partial charge in [0.25, 0.3) is 0 Å². The molecule has 1 saturated heterocycles. The van der Waals surface area contributed by atoms with E-state index < -0.39 is 5.60 Å². The molecule has 0 aliphatic carbocycles. The number of methoxy groups -OCH3 is 2. The van der Waals surface area contributed by atoms with Gasteiger partial charge in [-0.2, -0.15) is 0 Å². The number of carbonyl (C=O) groups is 2. The Morgan fingerprint density at radius 2 is 1.71 bits per heavy atom. The van der Waals surface area contributed by atoms with E-state index in [1.807, 2.05) is 71.0 Å². The van der Waals surface area contributed by atoms with E-state index >= 15 is 0 Å². The predicted octanol–water partition coefficient (Wildman–Crippen LogP) is 5.59. The maximum atomic E-state index is 12.9. The molecule has 0 bridgehead atoms. The van der Waals surface area contributed by atoms with Crippen molar-refractivity contribution in [2.45, 2.75) is 59.6 Å². The quantitative estimate of drug-likeness (QED) is 0.229. The van der Waals surface area contributed by atoms with Gasteiger partial charge in [0.05, 0.1) is 26.5 Å². The third-order valence-electron chi connectivity index (χ3n) is 6.40. The number of allylic oxidation sites excluding steroid dienone is 1. The van der Waals surface area contributed by atoms with Crippen LogP contribution >= 0.6 is 0 Å². The number of nitrogens with zero attached hydrogens (tertiary/aromatic N) is 2. The van der Waals surface area contributed by atoms with E-state index in [9.17, 15) is 9.59 Å². The maximum absolute atomic E-state index is 12.9. The van der Waals surface area contributed by atoms with Gasteiger partial charge in [-0.05, 0) is 57.4 Å². The first-order valence-electron chi connectivity index (χ1n) is 14.0. The van der Waals surface area contributed by atoms with Crippen LogP contribution < -0.4 is 21.1 Å². The summed E-state index contributed by atoms with van der Waals surface area (Å²) in [5, 5.41) is 1.49. The van der Waals surface area contributed by atoms with Crippen molar-refractivity contribution < 1.29 is 23.8 Å². The van der Waals surface area contributed by atoms with E-state index in [1.54, 1.807) is 43.5 Å². The average molecular weight is 567 g/mol. The van der Waals surface area contributed by atoms with Crippen LogP contribution in [0.4, 0.5) is 4.79 Å². The monoisotopic (exact) mass is 566 g/mol. The number of ketones is 1. The lowest BCUT2D eigenvalue weighted by molar-refractivity contribution is -0.119. The third-order valence-corrected chi connectivity index (χ3v) is 6.40. The van der Waals surface area contributed by atoms with E-state index in [0.29, 0.717) is 49.7 Å². The minimum atomic E-state index is -0.542. The maximum Gasteiger partial charge on any atom is 0.410 e. The smallest absolute Gasteiger partial charge is 0.410 e. The number of likely N-dealkylation sites (tertiary alicyclic amines) is 1. The molecule has 4 N–H and O–H groups in total. The minimum absolute atomic E-state index is 0.0308. The molecule has 0 spiro atoms. The van der Waals surface area contributed by atoms with Crippen LogP contribution in [0.2, 0.25) is 0 Å². The van der Waals surface area contributed by atoms with Crippen LogP contribution in [0, 0.1) is 5.92 Å². The van der Waals surface area contributed by atoms with Crippen LogP contribution in [0.25, 0.3) is 11.8 Å². The zero-order valence-corrected chi connectivity index (χ0v) is 25.5. The van der Waals surface area contributed by atoms with Gasteiger partial charge in [0.15, 0.2) is 5.78 Å². The Labute approximate surface area is 244 Å². The summed E-state index contributed by atoms with van der Waals surface area (Å²) >= 11 is 0. The van der Waals surface area contributed by atoms with Gasteiger partial charge >= 0.3 is 6.09 Å². The molecule has 1 fully saturated rings. The van der Waals surface area contributed by atoms with Crippen LogP contribution in [0.15, 0.2) is 54.7 Å². The van der Waals surface area contributed by atoms with Crippen molar-refractivity contribution in [3.63, 3.8) is 0 Å². The van der Waals surface area contributed by atoms with Crippen molar-refractivity contribution >= 4 is 23.6 Å². The number of ether oxygens (including phenoxy) is 3. The molecule has 9 nitrogen and oxygen atoms in total. The van der Waals surface area contributed by atoms with Gasteiger partial charge in [-0.15, -0.1) is 0 Å². The highest BCUT2D eigenvalue weighted by Crippen LogP contribution is 2.26. The van der Waals surface area contributed by atoms with Crippen LogP contribution in [-0.4, -0.2) is 54.7 Å². The second kappa shape index (κ2) is 15.7. The molecule has 224 valence electrons. The number of piperidine rings is 1. The van der Waals surface area contributed by atoms with Gasteiger partial charge in [0.2, 0.25) is 0 Å². The molecule has 1 aliphatic heterocycles. The molecular formula is C32H46N4O5. The highest BCUT2D eigenvalue weighted by molar-refractivity contribution is 5.96. The van der Waals surface area contributed by atoms with E-state index in [0.717, 1.165) is 16.7 Å². The summed E-state index contributed by atoms with van der Waals surface area (Å²) in [5.74, 6) is 7.50. The molecule has 0 radical (unpaired) electrons. The molecule has 9 heteroatoms. The Bertz CT molecular complexity index is 1210. The fraction of sp³-hybridized carbons (Fsp3) is 0.438. The Morgan fingerprint density at radius 1 is 1.05 bits per heavy atom. The molecule has 0 saturated carbocycles. The first-order chi connectivity index (χ1) is 19.5. The van der Waals surface area contributed by atoms with Crippen molar-refractivity contribution in [3.05, 3.63) is 71.4 Å². The fourth-order valence-electron chi connectivity index (χ4n) is 4.36. The average Bonchev–Trinajstić information content (AvgIpc) is 2.96. The molecule has 2 aromatic rings. The molecule has 1 amide bonds. The predicted molar refractivity (Wildman–Crippen MR) is 164 cm³/mol. The molecule has 1 heterocycles. The molecule has 41 heavy (non-hydrogen) atoms. The Balaban J connectivity index is 0.00000287. The van der Waals surface area contributed by atoms with Gasteiger partial charge < -0.3 is 29.9 Å². The van der Waals surface area contributed by atoms with E-state index in [2.05, 4.69) is 0 Å². The minimum Gasteiger partial charge on any atom is -0.497 e. The molecule has 2 aromatic carbocycles. The summed E-state index contributed by atoms with van der Waals surface area (Å²) in [5.41, 5.74) is 8.79. The normalized spacial score (nSPS) is 14.2. The number of nitrogens with two attached hydrogens (primary N) is 2. The third kappa shape index (κ3) is 10.2. The summed E-state index contributed by atoms with van der Waals surface area (Å²) in [6.45, 7) is 10.9. The lowest BCUT2D eigenvalue weighted by Crippen LogP contribution is -2.42. The van der Waals surface area contributed by atoms with Gasteiger partial charge in [-0.1, -0.05) is 44.2 Å². The Morgan fingerprint density at radius 3 is 2.32 bits per heavy atom. The van der Waals surface area contributed by atoms with Crippen molar-refractivity contribution in [2.75, 3.05) is 27.3 Å². The molecule has 0 atom stereocenters. The molecule has 3 rings (SSSR count). The van der Waals surface area contributed by atoms with Crippen molar-refractivity contribution in [2.24, 2.45) is 17.5 Å². The van der Waals surface area contributed by atoms with E-state index in [4.69, 9.17) is 25.8 Å². The molecule has 0 unspecified atom stereocenters.